The molecule has 0 saturated heterocycles. The van der Waals surface area contributed by atoms with Gasteiger partial charge in [-0.1, -0.05) is 23.5 Å². The lowest BCUT2D eigenvalue weighted by atomic mass is 10.3. The lowest BCUT2D eigenvalue weighted by Gasteiger charge is -2.20. The molecule has 148 valence electrons. The number of anilines is 1. The van der Waals surface area contributed by atoms with Crippen LogP contribution >= 0.6 is 22.7 Å². The maximum Gasteiger partial charge on any atom is 0.252 e. The monoisotopic (exact) mass is 435 g/mol. The van der Waals surface area contributed by atoms with Gasteiger partial charge in [0.1, 0.15) is 5.52 Å². The Balaban J connectivity index is 1.99. The number of hydrogen-bond donors (Lipinski definition) is 0. The molecular weight excluding hydrogens is 414 g/mol. The standard InChI is InChI=1S/C19H21N3O3S3/c1-21(2)11-12-22(17(23)10-9-14-6-5-13-26-14)19-20-18-15(27-19)7-4-8-16(18)28(3,24)25/h4-10,13H,11-12H2,1-3H3/b10-9+. The molecule has 1 amide bonds. The molecule has 6 nitrogen and oxygen atoms in total. The number of amides is 1. The summed E-state index contributed by atoms with van der Waals surface area (Å²) in [5.74, 6) is -0.185. The summed E-state index contributed by atoms with van der Waals surface area (Å²) in [5, 5.41) is 2.45. The number of sulfone groups is 1. The van der Waals surface area contributed by atoms with Crippen LogP contribution in [0.25, 0.3) is 16.3 Å². The van der Waals surface area contributed by atoms with Gasteiger partial charge in [0.2, 0.25) is 0 Å². The molecule has 1 aromatic carbocycles. The van der Waals surface area contributed by atoms with Crippen LogP contribution in [0.1, 0.15) is 4.88 Å². The fraction of sp³-hybridized carbons (Fsp3) is 0.263. The Morgan fingerprint density at radius 1 is 1.18 bits per heavy atom. The fourth-order valence-electron chi connectivity index (χ4n) is 2.56. The van der Waals surface area contributed by atoms with Crippen LogP contribution in [0.4, 0.5) is 5.13 Å². The zero-order valence-corrected chi connectivity index (χ0v) is 18.3. The van der Waals surface area contributed by atoms with Crippen LogP contribution in [0.2, 0.25) is 0 Å². The highest BCUT2D eigenvalue weighted by atomic mass is 32.2. The van der Waals surface area contributed by atoms with E-state index >= 15 is 0 Å². The fourth-order valence-corrected chi connectivity index (χ4v) is 5.09. The summed E-state index contributed by atoms with van der Waals surface area (Å²) in [7, 11) is 0.462. The van der Waals surface area contributed by atoms with Crippen LogP contribution in [-0.4, -0.2) is 57.6 Å². The van der Waals surface area contributed by atoms with Gasteiger partial charge in [0.25, 0.3) is 5.91 Å². The minimum Gasteiger partial charge on any atom is -0.308 e. The first-order chi connectivity index (χ1) is 13.3. The van der Waals surface area contributed by atoms with Crippen molar-refractivity contribution in [2.75, 3.05) is 38.3 Å². The van der Waals surface area contributed by atoms with Crippen LogP contribution in [0.5, 0.6) is 0 Å². The van der Waals surface area contributed by atoms with Gasteiger partial charge in [-0.2, -0.15) is 0 Å². The number of nitrogens with zero attached hydrogens (tertiary/aromatic N) is 3. The van der Waals surface area contributed by atoms with Gasteiger partial charge in [-0.15, -0.1) is 11.3 Å². The van der Waals surface area contributed by atoms with Crippen LogP contribution in [0.15, 0.2) is 46.7 Å². The summed E-state index contributed by atoms with van der Waals surface area (Å²) in [6.45, 7) is 1.11. The van der Waals surface area contributed by atoms with Crippen LogP contribution < -0.4 is 4.90 Å². The molecule has 9 heteroatoms. The first kappa shape index (κ1) is 20.7. The predicted molar refractivity (Wildman–Crippen MR) is 117 cm³/mol. The maximum absolute atomic E-state index is 12.9. The SMILES string of the molecule is CN(C)CCN(C(=O)/C=C/c1cccs1)c1nc2c(S(C)(=O)=O)cccc2s1. The van der Waals surface area contributed by atoms with Crippen molar-refractivity contribution in [3.63, 3.8) is 0 Å². The Morgan fingerprint density at radius 2 is 1.96 bits per heavy atom. The molecule has 3 aromatic rings. The Labute approximate surface area is 172 Å². The highest BCUT2D eigenvalue weighted by Crippen LogP contribution is 2.32. The topological polar surface area (TPSA) is 70.6 Å². The van der Waals surface area contributed by atoms with E-state index in [0.29, 0.717) is 23.7 Å². The van der Waals surface area contributed by atoms with Gasteiger partial charge >= 0.3 is 0 Å². The van der Waals surface area contributed by atoms with Crippen molar-refractivity contribution in [3.05, 3.63) is 46.7 Å². The second-order valence-corrected chi connectivity index (χ2v) is 10.5. The van der Waals surface area contributed by atoms with Gasteiger partial charge in [-0.3, -0.25) is 9.69 Å². The lowest BCUT2D eigenvalue weighted by molar-refractivity contribution is -0.114. The summed E-state index contributed by atoms with van der Waals surface area (Å²) < 4.78 is 24.9. The second kappa shape index (κ2) is 8.52. The van der Waals surface area contributed by atoms with E-state index < -0.39 is 9.84 Å². The number of rotatable bonds is 7. The molecule has 0 spiro atoms. The third-order valence-electron chi connectivity index (χ3n) is 3.97. The van der Waals surface area contributed by atoms with Crippen molar-refractivity contribution in [1.82, 2.24) is 9.88 Å². The number of thiophene rings is 1. The smallest absolute Gasteiger partial charge is 0.252 e. The molecular formula is C19H21N3O3S3. The van der Waals surface area contributed by atoms with Crippen molar-refractivity contribution in [3.8, 4) is 0 Å². The first-order valence-corrected chi connectivity index (χ1v) is 12.1. The highest BCUT2D eigenvalue weighted by molar-refractivity contribution is 7.91. The molecule has 0 unspecified atom stereocenters. The summed E-state index contributed by atoms with van der Waals surface area (Å²) >= 11 is 2.87. The minimum absolute atomic E-state index is 0.182. The van der Waals surface area contributed by atoms with Gasteiger partial charge in [0, 0.05) is 30.3 Å². The summed E-state index contributed by atoms with van der Waals surface area (Å²) in [5.41, 5.74) is 0.412. The molecule has 0 bridgehead atoms. The summed E-state index contributed by atoms with van der Waals surface area (Å²) in [6.07, 6.45) is 4.48. The van der Waals surface area contributed by atoms with E-state index in [4.69, 9.17) is 0 Å². The zero-order chi connectivity index (χ0) is 20.3. The van der Waals surface area contributed by atoms with E-state index in [2.05, 4.69) is 4.98 Å². The highest BCUT2D eigenvalue weighted by Gasteiger charge is 2.21. The maximum atomic E-state index is 12.9. The largest absolute Gasteiger partial charge is 0.308 e. The van der Waals surface area contributed by atoms with E-state index in [-0.39, 0.29) is 10.8 Å². The summed E-state index contributed by atoms with van der Waals surface area (Å²) in [4.78, 5) is 22.2. The van der Waals surface area contributed by atoms with Gasteiger partial charge in [0.15, 0.2) is 15.0 Å². The van der Waals surface area contributed by atoms with E-state index in [1.165, 1.54) is 23.7 Å². The van der Waals surface area contributed by atoms with E-state index in [1.54, 1.807) is 34.4 Å². The van der Waals surface area contributed by atoms with E-state index in [1.807, 2.05) is 42.6 Å². The number of hydrogen-bond acceptors (Lipinski definition) is 7. The van der Waals surface area contributed by atoms with Gasteiger partial charge in [-0.05, 0) is 43.8 Å². The molecule has 0 aliphatic rings. The van der Waals surface area contributed by atoms with E-state index in [0.717, 1.165) is 9.58 Å². The molecule has 2 aromatic heterocycles. The quantitative estimate of drug-likeness (QED) is 0.532. The minimum atomic E-state index is -3.41. The third kappa shape index (κ3) is 4.85. The lowest BCUT2D eigenvalue weighted by Crippen LogP contribution is -2.35. The molecule has 0 N–H and O–H groups in total. The number of fused-ring (bicyclic) bond motifs is 1. The van der Waals surface area contributed by atoms with Crippen molar-refractivity contribution >= 4 is 59.8 Å². The molecule has 0 aliphatic carbocycles. The van der Waals surface area contributed by atoms with Crippen LogP contribution in [0.3, 0.4) is 0 Å². The molecule has 0 aliphatic heterocycles. The molecule has 0 fully saturated rings. The Kier molecular flexibility index (Phi) is 6.29. The Morgan fingerprint density at radius 3 is 2.61 bits per heavy atom. The number of likely N-dealkylation sites (N-methyl/N-ethyl adjacent to an activating group) is 1. The third-order valence-corrected chi connectivity index (χ3v) is 6.98. The van der Waals surface area contributed by atoms with Gasteiger partial charge in [0.05, 0.1) is 9.60 Å². The number of para-hydroxylation sites is 1. The average molecular weight is 436 g/mol. The predicted octanol–water partition coefficient (Wildman–Crippen LogP) is 3.37. The van der Waals surface area contributed by atoms with Crippen LogP contribution in [-0.2, 0) is 14.6 Å². The van der Waals surface area contributed by atoms with Crippen molar-refractivity contribution in [2.45, 2.75) is 4.90 Å². The normalized spacial score (nSPS) is 12.3. The molecule has 0 saturated carbocycles. The average Bonchev–Trinajstić information content (AvgIpc) is 3.28. The molecule has 0 atom stereocenters. The number of carbonyl (C=O) groups excluding carboxylic acids is 1. The summed E-state index contributed by atoms with van der Waals surface area (Å²) in [6, 6.07) is 8.93. The molecule has 3 rings (SSSR count). The van der Waals surface area contributed by atoms with Crippen LogP contribution in [0, 0.1) is 0 Å². The molecule has 28 heavy (non-hydrogen) atoms. The Bertz CT molecular complexity index is 1100. The van der Waals surface area contributed by atoms with E-state index in [9.17, 15) is 13.2 Å². The first-order valence-electron chi connectivity index (χ1n) is 8.53. The van der Waals surface area contributed by atoms with Crippen molar-refractivity contribution in [2.24, 2.45) is 0 Å². The molecule has 2 heterocycles. The van der Waals surface area contributed by atoms with Crippen molar-refractivity contribution < 1.29 is 13.2 Å². The number of aromatic nitrogens is 1. The zero-order valence-electron chi connectivity index (χ0n) is 15.8. The second-order valence-electron chi connectivity index (χ2n) is 6.51. The van der Waals surface area contributed by atoms with Gasteiger partial charge in [-0.25, -0.2) is 13.4 Å². The number of benzene rings is 1. The number of carbonyl (C=O) groups is 1. The molecule has 0 radical (unpaired) electrons. The number of thiazole rings is 1. The van der Waals surface area contributed by atoms with Crippen molar-refractivity contribution in [1.29, 1.82) is 0 Å². The Hall–Kier alpha value is -2.07. The van der Waals surface area contributed by atoms with Gasteiger partial charge < -0.3 is 4.90 Å².